The van der Waals surface area contributed by atoms with Gasteiger partial charge < -0.3 is 5.32 Å². The van der Waals surface area contributed by atoms with Gasteiger partial charge in [0.15, 0.2) is 9.84 Å². The molecule has 17 heavy (non-hydrogen) atoms. The first kappa shape index (κ1) is 12.4. The zero-order valence-corrected chi connectivity index (χ0v) is 10.3. The van der Waals surface area contributed by atoms with Crippen molar-refractivity contribution in [2.45, 2.75) is 29.5 Å². The van der Waals surface area contributed by atoms with Crippen LogP contribution in [0.1, 0.15) is 24.9 Å². The van der Waals surface area contributed by atoms with E-state index in [-0.39, 0.29) is 10.5 Å². The van der Waals surface area contributed by atoms with Crippen molar-refractivity contribution in [1.82, 2.24) is 5.32 Å². The molecule has 1 aliphatic heterocycles. The number of hydrogen-bond donors (Lipinski definition) is 1. The molecule has 0 saturated heterocycles. The zero-order chi connectivity index (χ0) is 12.8. The molecule has 0 aromatic heterocycles. The molecule has 0 radical (unpaired) electrons. The van der Waals surface area contributed by atoms with Crippen LogP contribution in [-0.2, 0) is 9.84 Å². The van der Waals surface area contributed by atoms with Crippen LogP contribution in [0.15, 0.2) is 17.0 Å². The average Bonchev–Trinajstić information content (AvgIpc) is 2.44. The minimum Gasteiger partial charge on any atom is -0.312 e. The summed E-state index contributed by atoms with van der Waals surface area (Å²) in [7, 11) is -2.13. The number of sulfone groups is 1. The van der Waals surface area contributed by atoms with Gasteiger partial charge in [0.2, 0.25) is 0 Å². The Morgan fingerprint density at radius 3 is 2.53 bits per heavy atom. The third-order valence-corrected chi connectivity index (χ3v) is 5.54. The summed E-state index contributed by atoms with van der Waals surface area (Å²) in [6.45, 7) is 1.71. The zero-order valence-electron chi connectivity index (χ0n) is 9.50. The minimum atomic E-state index is -3.71. The van der Waals surface area contributed by atoms with Crippen molar-refractivity contribution in [2.24, 2.45) is 0 Å². The van der Waals surface area contributed by atoms with E-state index in [0.717, 1.165) is 6.07 Å². The van der Waals surface area contributed by atoms with Crippen LogP contribution in [0.3, 0.4) is 0 Å². The molecule has 1 aromatic carbocycles. The highest BCUT2D eigenvalue weighted by Crippen LogP contribution is 2.41. The van der Waals surface area contributed by atoms with E-state index in [1.165, 1.54) is 0 Å². The number of halogens is 2. The van der Waals surface area contributed by atoms with Crippen LogP contribution in [0.4, 0.5) is 8.78 Å². The summed E-state index contributed by atoms with van der Waals surface area (Å²) in [5.41, 5.74) is 0.192. The molecule has 2 unspecified atom stereocenters. The molecule has 6 heteroatoms. The molecule has 0 fully saturated rings. The van der Waals surface area contributed by atoms with Gasteiger partial charge >= 0.3 is 0 Å². The summed E-state index contributed by atoms with van der Waals surface area (Å²) >= 11 is 0. The van der Waals surface area contributed by atoms with E-state index in [2.05, 4.69) is 5.32 Å². The summed E-state index contributed by atoms with van der Waals surface area (Å²) in [4.78, 5) is -0.356. The van der Waals surface area contributed by atoms with E-state index in [4.69, 9.17) is 0 Å². The fraction of sp³-hybridized carbons (Fsp3) is 0.455. The standard InChI is InChI=1S/C11H13F2NO2S/c1-3-9-10(14-2)7-4-6(12)5-8(13)11(7)17(9,15)16/h4-5,9-10,14H,3H2,1-2H3. The van der Waals surface area contributed by atoms with Crippen molar-refractivity contribution in [3.63, 3.8) is 0 Å². The average molecular weight is 261 g/mol. The van der Waals surface area contributed by atoms with Crippen LogP contribution < -0.4 is 5.32 Å². The maximum atomic E-state index is 13.6. The highest BCUT2D eigenvalue weighted by Gasteiger charge is 2.45. The SMILES string of the molecule is CCC1C(NC)c2cc(F)cc(F)c2S1(=O)=O. The van der Waals surface area contributed by atoms with Crippen LogP contribution in [0, 0.1) is 11.6 Å². The monoisotopic (exact) mass is 261 g/mol. The lowest BCUT2D eigenvalue weighted by Gasteiger charge is -2.16. The lowest BCUT2D eigenvalue weighted by Crippen LogP contribution is -2.28. The smallest absolute Gasteiger partial charge is 0.186 e. The van der Waals surface area contributed by atoms with Gasteiger partial charge in [-0.05, 0) is 25.1 Å². The van der Waals surface area contributed by atoms with E-state index in [1.54, 1.807) is 14.0 Å². The summed E-state index contributed by atoms with van der Waals surface area (Å²) in [5, 5.41) is 2.08. The number of fused-ring (bicyclic) bond motifs is 1. The van der Waals surface area contributed by atoms with E-state index < -0.39 is 32.8 Å². The summed E-state index contributed by atoms with van der Waals surface area (Å²) in [6, 6.07) is 1.15. The third kappa shape index (κ3) is 1.66. The molecule has 0 amide bonds. The highest BCUT2D eigenvalue weighted by atomic mass is 32.2. The second-order valence-electron chi connectivity index (χ2n) is 4.06. The van der Waals surface area contributed by atoms with Gasteiger partial charge in [-0.1, -0.05) is 6.92 Å². The normalized spacial score (nSPS) is 25.9. The van der Waals surface area contributed by atoms with Crippen molar-refractivity contribution in [2.75, 3.05) is 7.05 Å². The van der Waals surface area contributed by atoms with Crippen molar-refractivity contribution >= 4 is 9.84 Å². The van der Waals surface area contributed by atoms with Crippen molar-refractivity contribution < 1.29 is 17.2 Å². The Kier molecular flexibility index (Phi) is 2.95. The van der Waals surface area contributed by atoms with Crippen molar-refractivity contribution in [3.8, 4) is 0 Å². The molecule has 0 saturated carbocycles. The molecular weight excluding hydrogens is 248 g/mol. The van der Waals surface area contributed by atoms with Gasteiger partial charge in [0.05, 0.1) is 11.3 Å². The van der Waals surface area contributed by atoms with Gasteiger partial charge in [-0.15, -0.1) is 0 Å². The Labute approximate surface area is 98.8 Å². The van der Waals surface area contributed by atoms with Crippen molar-refractivity contribution in [3.05, 3.63) is 29.3 Å². The lowest BCUT2D eigenvalue weighted by atomic mass is 10.0. The fourth-order valence-electron chi connectivity index (χ4n) is 2.44. The Balaban J connectivity index is 2.76. The van der Waals surface area contributed by atoms with Gasteiger partial charge in [-0.2, -0.15) is 0 Å². The van der Waals surface area contributed by atoms with Gasteiger partial charge in [0.25, 0.3) is 0 Å². The predicted octanol–water partition coefficient (Wildman–Crippen LogP) is 1.79. The molecule has 0 spiro atoms. The van der Waals surface area contributed by atoms with Gasteiger partial charge in [-0.3, -0.25) is 0 Å². The molecule has 94 valence electrons. The van der Waals surface area contributed by atoms with Crippen molar-refractivity contribution in [1.29, 1.82) is 0 Å². The van der Waals surface area contributed by atoms with Crippen LogP contribution in [-0.4, -0.2) is 20.7 Å². The van der Waals surface area contributed by atoms with Crippen LogP contribution in [0.25, 0.3) is 0 Å². The molecule has 2 rings (SSSR count). The Hall–Kier alpha value is -1.01. The highest BCUT2D eigenvalue weighted by molar-refractivity contribution is 7.92. The summed E-state index contributed by atoms with van der Waals surface area (Å²) in [5.74, 6) is -1.76. The Bertz CT molecular complexity index is 557. The maximum Gasteiger partial charge on any atom is 0.186 e. The first-order valence-corrected chi connectivity index (χ1v) is 6.88. The van der Waals surface area contributed by atoms with E-state index >= 15 is 0 Å². The van der Waals surface area contributed by atoms with E-state index in [0.29, 0.717) is 12.5 Å². The molecule has 3 nitrogen and oxygen atoms in total. The molecule has 0 aliphatic carbocycles. The molecular formula is C11H13F2NO2S. The Morgan fingerprint density at radius 2 is 2.00 bits per heavy atom. The second-order valence-corrected chi connectivity index (χ2v) is 6.17. The molecule has 1 aromatic rings. The third-order valence-electron chi connectivity index (χ3n) is 3.14. The first-order valence-electron chi connectivity index (χ1n) is 5.33. The van der Waals surface area contributed by atoms with Gasteiger partial charge in [0, 0.05) is 6.07 Å². The maximum absolute atomic E-state index is 13.6. The topological polar surface area (TPSA) is 46.2 Å². The molecule has 1 aliphatic rings. The number of hydrogen-bond acceptors (Lipinski definition) is 3. The summed E-state index contributed by atoms with van der Waals surface area (Å²) < 4.78 is 51.0. The second kappa shape index (κ2) is 4.03. The summed E-state index contributed by atoms with van der Waals surface area (Å²) in [6.07, 6.45) is 0.351. The quantitative estimate of drug-likeness (QED) is 0.826. The minimum absolute atomic E-state index is 0.192. The molecule has 2 atom stereocenters. The van der Waals surface area contributed by atoms with E-state index in [9.17, 15) is 17.2 Å². The van der Waals surface area contributed by atoms with Crippen LogP contribution in [0.2, 0.25) is 0 Å². The van der Waals surface area contributed by atoms with Crippen LogP contribution >= 0.6 is 0 Å². The number of benzene rings is 1. The van der Waals surface area contributed by atoms with Gasteiger partial charge in [-0.25, -0.2) is 17.2 Å². The lowest BCUT2D eigenvalue weighted by molar-refractivity contribution is 0.522. The first-order chi connectivity index (χ1) is 7.93. The van der Waals surface area contributed by atoms with Gasteiger partial charge in [0.1, 0.15) is 16.5 Å². The van der Waals surface area contributed by atoms with Crippen LogP contribution in [0.5, 0.6) is 0 Å². The number of nitrogens with one attached hydrogen (secondary N) is 1. The molecule has 1 heterocycles. The fourth-order valence-corrected chi connectivity index (χ4v) is 4.67. The molecule has 0 bridgehead atoms. The number of rotatable bonds is 2. The molecule has 1 N–H and O–H groups in total. The van der Waals surface area contributed by atoms with E-state index in [1.807, 2.05) is 0 Å². The predicted molar refractivity (Wildman–Crippen MR) is 59.4 cm³/mol. The largest absolute Gasteiger partial charge is 0.312 e. The Morgan fingerprint density at radius 1 is 1.35 bits per heavy atom.